The molecule has 2 saturated heterocycles. The molecule has 0 spiro atoms. The molecule has 142 valence electrons. The Morgan fingerprint density at radius 2 is 1.81 bits per heavy atom. The van der Waals surface area contributed by atoms with Gasteiger partial charge in [0.25, 0.3) is 0 Å². The van der Waals surface area contributed by atoms with Crippen molar-refractivity contribution in [3.05, 3.63) is 24.0 Å². The third-order valence-electron chi connectivity index (χ3n) is 5.43. The second kappa shape index (κ2) is 9.20. The fraction of sp³-hybridized carbons (Fsp3) is 0.632. The van der Waals surface area contributed by atoms with E-state index in [9.17, 15) is 4.79 Å². The lowest BCUT2D eigenvalue weighted by Gasteiger charge is -2.40. The first-order valence-corrected chi connectivity index (χ1v) is 9.22. The number of nitriles is 1. The van der Waals surface area contributed by atoms with Gasteiger partial charge < -0.3 is 9.80 Å². The minimum Gasteiger partial charge on any atom is -0.370 e. The summed E-state index contributed by atoms with van der Waals surface area (Å²) in [5.41, 5.74) is 1.48. The number of aromatic nitrogens is 1. The van der Waals surface area contributed by atoms with E-state index in [4.69, 9.17) is 5.26 Å². The molecule has 0 N–H and O–H groups in total. The van der Waals surface area contributed by atoms with Gasteiger partial charge in [-0.1, -0.05) is 0 Å². The largest absolute Gasteiger partial charge is 0.370 e. The first kappa shape index (κ1) is 20.5. The zero-order valence-corrected chi connectivity index (χ0v) is 16.4. The highest BCUT2D eigenvalue weighted by Crippen LogP contribution is 2.25. The normalized spacial score (nSPS) is 19.2. The summed E-state index contributed by atoms with van der Waals surface area (Å²) in [6, 6.07) is 6.29. The molecule has 0 unspecified atom stereocenters. The van der Waals surface area contributed by atoms with Crippen molar-refractivity contribution >= 4 is 24.0 Å². The Balaban J connectivity index is 0.00000243. The van der Waals surface area contributed by atoms with Crippen molar-refractivity contribution in [3.8, 4) is 6.07 Å². The fourth-order valence-electron chi connectivity index (χ4n) is 3.74. The number of nitrogens with zero attached hydrogens (tertiary/aromatic N) is 5. The Kier molecular flexibility index (Phi) is 7.24. The summed E-state index contributed by atoms with van der Waals surface area (Å²) in [6.07, 6.45) is 3.54. The summed E-state index contributed by atoms with van der Waals surface area (Å²) in [4.78, 5) is 23.7. The van der Waals surface area contributed by atoms with E-state index >= 15 is 0 Å². The van der Waals surface area contributed by atoms with Gasteiger partial charge in [0.15, 0.2) is 0 Å². The van der Waals surface area contributed by atoms with Crippen molar-refractivity contribution in [1.82, 2.24) is 14.8 Å². The van der Waals surface area contributed by atoms with Crippen LogP contribution in [0.1, 0.15) is 32.4 Å². The number of carbonyl (C=O) groups is 1. The number of piperazine rings is 1. The Bertz CT molecular complexity index is 626. The van der Waals surface area contributed by atoms with Crippen LogP contribution in [0.4, 0.5) is 5.69 Å². The quantitative estimate of drug-likeness (QED) is 0.807. The van der Waals surface area contributed by atoms with Crippen LogP contribution in [0.2, 0.25) is 0 Å². The number of halogens is 1. The second-order valence-electron chi connectivity index (χ2n) is 7.23. The van der Waals surface area contributed by atoms with Crippen LogP contribution in [0, 0.1) is 17.2 Å². The SMILES string of the molecule is CC(C)N1CCN(C(=O)C2CCN(c3ccc(C#N)nc3)CC2)CC1.Cl. The van der Waals surface area contributed by atoms with E-state index in [0.717, 1.165) is 57.8 Å². The molecule has 0 aliphatic carbocycles. The molecule has 2 aliphatic heterocycles. The summed E-state index contributed by atoms with van der Waals surface area (Å²) in [5, 5.41) is 8.83. The summed E-state index contributed by atoms with van der Waals surface area (Å²) < 4.78 is 0. The number of rotatable bonds is 3. The van der Waals surface area contributed by atoms with Gasteiger partial charge in [-0.3, -0.25) is 9.69 Å². The standard InChI is InChI=1S/C19H27N5O.ClH/c1-15(2)22-9-11-24(12-10-22)19(25)16-5-7-23(8-6-16)18-4-3-17(13-20)21-14-18;/h3-4,14-16H,5-12H2,1-2H3;1H. The lowest BCUT2D eigenvalue weighted by Crippen LogP contribution is -2.53. The predicted octanol–water partition coefficient (Wildman–Crippen LogP) is 2.14. The molecule has 1 aromatic heterocycles. The molecule has 2 fully saturated rings. The first-order valence-electron chi connectivity index (χ1n) is 9.22. The number of piperidine rings is 1. The van der Waals surface area contributed by atoms with Gasteiger partial charge in [-0.15, -0.1) is 12.4 Å². The molecular weight excluding hydrogens is 350 g/mol. The molecule has 0 bridgehead atoms. The van der Waals surface area contributed by atoms with Crippen LogP contribution in [-0.2, 0) is 4.79 Å². The van der Waals surface area contributed by atoms with E-state index in [2.05, 4.69) is 33.5 Å². The van der Waals surface area contributed by atoms with Crippen LogP contribution in [0.3, 0.4) is 0 Å². The Labute approximate surface area is 162 Å². The maximum absolute atomic E-state index is 12.8. The van der Waals surface area contributed by atoms with Crippen molar-refractivity contribution in [2.75, 3.05) is 44.2 Å². The van der Waals surface area contributed by atoms with Gasteiger partial charge in [0.05, 0.1) is 11.9 Å². The van der Waals surface area contributed by atoms with Crippen LogP contribution in [-0.4, -0.2) is 66.0 Å². The predicted molar refractivity (Wildman–Crippen MR) is 104 cm³/mol. The van der Waals surface area contributed by atoms with Gasteiger partial charge >= 0.3 is 0 Å². The fourth-order valence-corrected chi connectivity index (χ4v) is 3.74. The highest BCUT2D eigenvalue weighted by molar-refractivity contribution is 5.85. The van der Waals surface area contributed by atoms with Crippen LogP contribution in [0.15, 0.2) is 18.3 Å². The Morgan fingerprint density at radius 3 is 2.31 bits per heavy atom. The minimum atomic E-state index is 0. The lowest BCUT2D eigenvalue weighted by atomic mass is 9.94. The summed E-state index contributed by atoms with van der Waals surface area (Å²) in [6.45, 7) is 9.86. The molecule has 6 nitrogen and oxygen atoms in total. The number of carbonyl (C=O) groups excluding carboxylic acids is 1. The molecule has 26 heavy (non-hydrogen) atoms. The maximum Gasteiger partial charge on any atom is 0.225 e. The zero-order valence-electron chi connectivity index (χ0n) is 15.6. The number of pyridine rings is 1. The molecule has 2 aliphatic rings. The molecule has 0 saturated carbocycles. The maximum atomic E-state index is 12.8. The topological polar surface area (TPSA) is 63.5 Å². The van der Waals surface area contributed by atoms with Crippen LogP contribution >= 0.6 is 12.4 Å². The van der Waals surface area contributed by atoms with Crippen molar-refractivity contribution in [3.63, 3.8) is 0 Å². The van der Waals surface area contributed by atoms with E-state index in [1.54, 1.807) is 12.3 Å². The Hall–Kier alpha value is -1.84. The van der Waals surface area contributed by atoms with Crippen molar-refractivity contribution in [2.24, 2.45) is 5.92 Å². The number of hydrogen-bond donors (Lipinski definition) is 0. The average Bonchev–Trinajstić information content (AvgIpc) is 2.67. The smallest absolute Gasteiger partial charge is 0.225 e. The van der Waals surface area contributed by atoms with Gasteiger partial charge in [0, 0.05) is 51.2 Å². The molecule has 0 atom stereocenters. The third-order valence-corrected chi connectivity index (χ3v) is 5.43. The second-order valence-corrected chi connectivity index (χ2v) is 7.23. The molecule has 7 heteroatoms. The first-order chi connectivity index (χ1) is 12.1. The summed E-state index contributed by atoms with van der Waals surface area (Å²) >= 11 is 0. The molecule has 0 radical (unpaired) electrons. The van der Waals surface area contributed by atoms with Crippen LogP contribution in [0.5, 0.6) is 0 Å². The van der Waals surface area contributed by atoms with Crippen molar-refractivity contribution in [2.45, 2.75) is 32.7 Å². The van der Waals surface area contributed by atoms with Crippen LogP contribution < -0.4 is 4.90 Å². The summed E-state index contributed by atoms with van der Waals surface area (Å²) in [7, 11) is 0. The summed E-state index contributed by atoms with van der Waals surface area (Å²) in [5.74, 6) is 0.481. The van der Waals surface area contributed by atoms with Gasteiger partial charge in [0.2, 0.25) is 5.91 Å². The molecular formula is C19H28ClN5O. The highest BCUT2D eigenvalue weighted by Gasteiger charge is 2.30. The van der Waals surface area contributed by atoms with Gasteiger partial charge in [-0.25, -0.2) is 4.98 Å². The Morgan fingerprint density at radius 1 is 1.15 bits per heavy atom. The van der Waals surface area contributed by atoms with E-state index in [-0.39, 0.29) is 18.3 Å². The van der Waals surface area contributed by atoms with Gasteiger partial charge in [0.1, 0.15) is 11.8 Å². The van der Waals surface area contributed by atoms with Crippen molar-refractivity contribution < 1.29 is 4.79 Å². The third kappa shape index (κ3) is 4.66. The van der Waals surface area contributed by atoms with Gasteiger partial charge in [-0.05, 0) is 38.8 Å². The molecule has 0 aromatic carbocycles. The van der Waals surface area contributed by atoms with E-state index in [0.29, 0.717) is 17.6 Å². The van der Waals surface area contributed by atoms with Crippen molar-refractivity contribution in [1.29, 1.82) is 5.26 Å². The molecule has 1 amide bonds. The number of amides is 1. The van der Waals surface area contributed by atoms with Crippen LogP contribution in [0.25, 0.3) is 0 Å². The average molecular weight is 378 g/mol. The monoisotopic (exact) mass is 377 g/mol. The van der Waals surface area contributed by atoms with E-state index in [1.165, 1.54) is 0 Å². The number of anilines is 1. The molecule has 3 rings (SSSR count). The lowest BCUT2D eigenvalue weighted by molar-refractivity contribution is -0.138. The minimum absolute atomic E-state index is 0. The highest BCUT2D eigenvalue weighted by atomic mass is 35.5. The van der Waals surface area contributed by atoms with E-state index in [1.807, 2.05) is 12.1 Å². The molecule has 3 heterocycles. The van der Waals surface area contributed by atoms with Gasteiger partial charge in [-0.2, -0.15) is 5.26 Å². The molecule has 1 aromatic rings. The number of hydrogen-bond acceptors (Lipinski definition) is 5. The zero-order chi connectivity index (χ0) is 17.8. The van der Waals surface area contributed by atoms with E-state index < -0.39 is 0 Å².